The summed E-state index contributed by atoms with van der Waals surface area (Å²) in [7, 11) is 0. The molecule has 4 aromatic heterocycles. The van der Waals surface area contributed by atoms with E-state index in [-0.39, 0.29) is 6.04 Å². The molecule has 0 saturated carbocycles. The molecule has 6 nitrogen and oxygen atoms in total. The SMILES string of the molecule is CCn1ncc2nc(CC(C)n3ncc4ccncc43)ccc21. The molecule has 4 aromatic rings. The van der Waals surface area contributed by atoms with Crippen LogP contribution in [0.2, 0.25) is 0 Å². The number of hydrogen-bond acceptors (Lipinski definition) is 4. The molecule has 0 amide bonds. The largest absolute Gasteiger partial charge is 0.264 e. The van der Waals surface area contributed by atoms with Gasteiger partial charge in [-0.1, -0.05) is 0 Å². The molecule has 6 heteroatoms. The Morgan fingerprint density at radius 2 is 1.96 bits per heavy atom. The Labute approximate surface area is 133 Å². The Kier molecular flexibility index (Phi) is 3.29. The fraction of sp³-hybridized carbons (Fsp3) is 0.294. The van der Waals surface area contributed by atoms with Gasteiger partial charge in [0.2, 0.25) is 0 Å². The minimum atomic E-state index is 0.211. The number of rotatable bonds is 4. The molecule has 23 heavy (non-hydrogen) atoms. The first-order chi connectivity index (χ1) is 11.3. The van der Waals surface area contributed by atoms with Gasteiger partial charge in [-0.3, -0.25) is 14.3 Å². The molecule has 1 atom stereocenters. The summed E-state index contributed by atoms with van der Waals surface area (Å²) in [6.45, 7) is 5.09. The first kappa shape index (κ1) is 13.9. The molecule has 116 valence electrons. The fourth-order valence-corrected chi connectivity index (χ4v) is 3.00. The second-order valence-corrected chi connectivity index (χ2v) is 5.74. The maximum Gasteiger partial charge on any atom is 0.109 e. The lowest BCUT2D eigenvalue weighted by Gasteiger charge is -2.13. The van der Waals surface area contributed by atoms with Gasteiger partial charge in [0.1, 0.15) is 5.52 Å². The van der Waals surface area contributed by atoms with E-state index in [1.807, 2.05) is 34.0 Å². The third-order valence-corrected chi connectivity index (χ3v) is 4.18. The first-order valence-electron chi connectivity index (χ1n) is 7.85. The maximum atomic E-state index is 4.73. The minimum Gasteiger partial charge on any atom is -0.264 e. The summed E-state index contributed by atoms with van der Waals surface area (Å²) in [5.41, 5.74) is 4.13. The zero-order valence-corrected chi connectivity index (χ0v) is 13.2. The van der Waals surface area contributed by atoms with Crippen molar-refractivity contribution in [1.29, 1.82) is 0 Å². The topological polar surface area (TPSA) is 61.4 Å². The third kappa shape index (κ3) is 2.36. The Morgan fingerprint density at radius 1 is 1.04 bits per heavy atom. The molecular weight excluding hydrogens is 288 g/mol. The number of hydrogen-bond donors (Lipinski definition) is 0. The Morgan fingerprint density at radius 3 is 2.83 bits per heavy atom. The van der Waals surface area contributed by atoms with Crippen molar-refractivity contribution in [2.75, 3.05) is 0 Å². The van der Waals surface area contributed by atoms with E-state index in [2.05, 4.69) is 41.2 Å². The summed E-state index contributed by atoms with van der Waals surface area (Å²) >= 11 is 0. The Hall–Kier alpha value is -2.76. The van der Waals surface area contributed by atoms with Crippen LogP contribution in [0.25, 0.3) is 21.9 Å². The van der Waals surface area contributed by atoms with Crippen LogP contribution in [0.3, 0.4) is 0 Å². The predicted octanol–water partition coefficient (Wildman–Crippen LogP) is 3.00. The molecule has 1 unspecified atom stereocenters. The summed E-state index contributed by atoms with van der Waals surface area (Å²) < 4.78 is 3.98. The van der Waals surface area contributed by atoms with Gasteiger partial charge >= 0.3 is 0 Å². The zero-order valence-electron chi connectivity index (χ0n) is 13.2. The van der Waals surface area contributed by atoms with Gasteiger partial charge in [-0.15, -0.1) is 0 Å². The molecular formula is C17H18N6. The highest BCUT2D eigenvalue weighted by Gasteiger charge is 2.12. The van der Waals surface area contributed by atoms with Crippen LogP contribution >= 0.6 is 0 Å². The van der Waals surface area contributed by atoms with E-state index >= 15 is 0 Å². The number of fused-ring (bicyclic) bond motifs is 2. The van der Waals surface area contributed by atoms with Crippen LogP contribution < -0.4 is 0 Å². The average Bonchev–Trinajstić information content (AvgIpc) is 3.18. The van der Waals surface area contributed by atoms with Crippen LogP contribution in [-0.2, 0) is 13.0 Å². The van der Waals surface area contributed by atoms with Crippen molar-refractivity contribution in [3.05, 3.63) is 48.7 Å². The molecule has 0 aliphatic carbocycles. The molecule has 0 aliphatic heterocycles. The van der Waals surface area contributed by atoms with E-state index in [9.17, 15) is 0 Å². The normalized spacial score (nSPS) is 13.0. The van der Waals surface area contributed by atoms with Gasteiger partial charge in [0.15, 0.2) is 0 Å². The smallest absolute Gasteiger partial charge is 0.109 e. The van der Waals surface area contributed by atoms with Gasteiger partial charge in [0, 0.05) is 30.2 Å². The summed E-state index contributed by atoms with van der Waals surface area (Å²) in [5, 5.41) is 9.97. The molecule has 4 rings (SSSR count). The zero-order chi connectivity index (χ0) is 15.8. The molecule has 0 saturated heterocycles. The van der Waals surface area contributed by atoms with Crippen molar-refractivity contribution >= 4 is 21.9 Å². The van der Waals surface area contributed by atoms with Gasteiger partial charge in [-0.25, -0.2) is 4.98 Å². The van der Waals surface area contributed by atoms with Crippen molar-refractivity contribution in [1.82, 2.24) is 29.5 Å². The summed E-state index contributed by atoms with van der Waals surface area (Å²) in [6, 6.07) is 6.37. The minimum absolute atomic E-state index is 0.211. The highest BCUT2D eigenvalue weighted by atomic mass is 15.3. The lowest BCUT2D eigenvalue weighted by molar-refractivity contribution is 0.500. The predicted molar refractivity (Wildman–Crippen MR) is 89.1 cm³/mol. The van der Waals surface area contributed by atoms with Gasteiger partial charge < -0.3 is 0 Å². The van der Waals surface area contributed by atoms with Crippen LogP contribution in [0.15, 0.2) is 43.0 Å². The van der Waals surface area contributed by atoms with Crippen molar-refractivity contribution in [2.24, 2.45) is 0 Å². The maximum absolute atomic E-state index is 4.73. The van der Waals surface area contributed by atoms with E-state index in [0.29, 0.717) is 0 Å². The average molecular weight is 306 g/mol. The van der Waals surface area contributed by atoms with Gasteiger partial charge in [0.05, 0.1) is 35.7 Å². The lowest BCUT2D eigenvalue weighted by atomic mass is 10.1. The van der Waals surface area contributed by atoms with Crippen LogP contribution in [0, 0.1) is 0 Å². The quantitative estimate of drug-likeness (QED) is 0.581. The number of aryl methyl sites for hydroxylation is 1. The van der Waals surface area contributed by atoms with Crippen LogP contribution in [0.5, 0.6) is 0 Å². The van der Waals surface area contributed by atoms with Crippen molar-refractivity contribution in [3.8, 4) is 0 Å². The van der Waals surface area contributed by atoms with E-state index in [1.54, 1.807) is 6.20 Å². The molecule has 0 fully saturated rings. The monoisotopic (exact) mass is 306 g/mol. The Bertz CT molecular complexity index is 967. The van der Waals surface area contributed by atoms with E-state index in [0.717, 1.165) is 40.6 Å². The van der Waals surface area contributed by atoms with E-state index < -0.39 is 0 Å². The second kappa shape index (κ2) is 5.46. The van der Waals surface area contributed by atoms with Crippen LogP contribution in [0.1, 0.15) is 25.6 Å². The Balaban J connectivity index is 1.64. The molecule has 0 N–H and O–H groups in total. The van der Waals surface area contributed by atoms with E-state index in [4.69, 9.17) is 4.98 Å². The van der Waals surface area contributed by atoms with Gasteiger partial charge in [-0.05, 0) is 32.0 Å². The second-order valence-electron chi connectivity index (χ2n) is 5.74. The number of aromatic nitrogens is 6. The fourth-order valence-electron chi connectivity index (χ4n) is 3.00. The van der Waals surface area contributed by atoms with Gasteiger partial charge in [0.25, 0.3) is 0 Å². The molecule has 0 bridgehead atoms. The number of nitrogens with zero attached hydrogens (tertiary/aromatic N) is 6. The third-order valence-electron chi connectivity index (χ3n) is 4.18. The standard InChI is InChI=1S/C17H18N6/c1-3-22-16-5-4-14(21-15(16)10-19-22)8-12(2)23-17-11-18-7-6-13(17)9-20-23/h4-7,9-12H,3,8H2,1-2H3. The molecule has 0 radical (unpaired) electrons. The van der Waals surface area contributed by atoms with Crippen molar-refractivity contribution in [3.63, 3.8) is 0 Å². The first-order valence-corrected chi connectivity index (χ1v) is 7.85. The lowest BCUT2D eigenvalue weighted by Crippen LogP contribution is -2.10. The molecule has 0 spiro atoms. The highest BCUT2D eigenvalue weighted by Crippen LogP contribution is 2.20. The van der Waals surface area contributed by atoms with Crippen molar-refractivity contribution in [2.45, 2.75) is 32.9 Å². The van der Waals surface area contributed by atoms with Crippen LogP contribution in [0.4, 0.5) is 0 Å². The summed E-state index contributed by atoms with van der Waals surface area (Å²) in [4.78, 5) is 8.93. The van der Waals surface area contributed by atoms with Crippen LogP contribution in [-0.4, -0.2) is 29.5 Å². The number of pyridine rings is 2. The van der Waals surface area contributed by atoms with Crippen molar-refractivity contribution < 1.29 is 0 Å². The molecule has 0 aromatic carbocycles. The summed E-state index contributed by atoms with van der Waals surface area (Å²) in [6.07, 6.45) is 8.19. The van der Waals surface area contributed by atoms with E-state index in [1.165, 1.54) is 0 Å². The highest BCUT2D eigenvalue weighted by molar-refractivity contribution is 5.77. The van der Waals surface area contributed by atoms with Gasteiger partial charge in [-0.2, -0.15) is 10.2 Å². The summed E-state index contributed by atoms with van der Waals surface area (Å²) in [5.74, 6) is 0. The molecule has 0 aliphatic rings. The molecule has 4 heterocycles.